The van der Waals surface area contributed by atoms with Crippen molar-refractivity contribution >= 4 is 33.4 Å². The summed E-state index contributed by atoms with van der Waals surface area (Å²) in [7, 11) is 1.52. The molecule has 2 aromatic rings. The van der Waals surface area contributed by atoms with Crippen LogP contribution in [0.4, 0.5) is 0 Å². The summed E-state index contributed by atoms with van der Waals surface area (Å²) in [6.45, 7) is 7.65. The number of aromatic nitrogens is 2. The molecule has 8 nitrogen and oxygen atoms in total. The Morgan fingerprint density at radius 2 is 1.96 bits per heavy atom. The topological polar surface area (TPSA) is 114 Å². The van der Waals surface area contributed by atoms with Gasteiger partial charge in [0.1, 0.15) is 28.2 Å². The number of thiophene rings is 1. The molecule has 0 aliphatic heterocycles. The lowest BCUT2D eigenvalue weighted by Gasteiger charge is -2.20. The monoisotopic (exact) mass is 395 g/mol. The zero-order valence-corrected chi connectivity index (χ0v) is 17.0. The second-order valence-electron chi connectivity index (χ2n) is 6.49. The van der Waals surface area contributed by atoms with Crippen molar-refractivity contribution in [1.29, 1.82) is 0 Å². The standard InChI is InChI=1S/C18H25N3O5S/c1-6-11(14(19)22)21-15(9(2)3)20-16-12(17(21)23)10(4)13(27-16)18(24)26-8-7-25-5/h9,11H,6-8H2,1-5H3,(H2,19,22). The van der Waals surface area contributed by atoms with E-state index in [1.54, 1.807) is 13.8 Å². The first-order valence-corrected chi connectivity index (χ1v) is 9.57. The van der Waals surface area contributed by atoms with E-state index in [2.05, 4.69) is 4.98 Å². The summed E-state index contributed by atoms with van der Waals surface area (Å²) < 4.78 is 11.4. The summed E-state index contributed by atoms with van der Waals surface area (Å²) >= 11 is 1.12. The van der Waals surface area contributed by atoms with Crippen molar-refractivity contribution in [3.05, 3.63) is 26.6 Å². The van der Waals surface area contributed by atoms with E-state index >= 15 is 0 Å². The number of hydrogen-bond acceptors (Lipinski definition) is 7. The van der Waals surface area contributed by atoms with Crippen LogP contribution in [0.25, 0.3) is 10.2 Å². The highest BCUT2D eigenvalue weighted by Crippen LogP contribution is 2.30. The number of ether oxygens (including phenoxy) is 2. The Morgan fingerprint density at radius 1 is 1.30 bits per heavy atom. The number of primary amides is 1. The third-order valence-electron chi connectivity index (χ3n) is 4.27. The number of fused-ring (bicyclic) bond motifs is 1. The van der Waals surface area contributed by atoms with Crippen LogP contribution in [0.5, 0.6) is 0 Å². The highest BCUT2D eigenvalue weighted by atomic mass is 32.1. The van der Waals surface area contributed by atoms with E-state index in [1.807, 2.05) is 13.8 Å². The Morgan fingerprint density at radius 3 is 2.48 bits per heavy atom. The number of rotatable bonds is 8. The maximum Gasteiger partial charge on any atom is 0.348 e. The molecule has 0 saturated heterocycles. The summed E-state index contributed by atoms with van der Waals surface area (Å²) in [6.07, 6.45) is 0.372. The van der Waals surface area contributed by atoms with Crippen LogP contribution >= 0.6 is 11.3 Å². The van der Waals surface area contributed by atoms with Gasteiger partial charge in [0.2, 0.25) is 5.91 Å². The normalized spacial score (nSPS) is 12.5. The Hall–Kier alpha value is -2.26. The van der Waals surface area contributed by atoms with Crippen LogP contribution in [0.1, 0.15) is 60.2 Å². The van der Waals surface area contributed by atoms with Gasteiger partial charge in [0.15, 0.2) is 0 Å². The Labute approximate surface area is 161 Å². The lowest BCUT2D eigenvalue weighted by Crippen LogP contribution is -2.36. The van der Waals surface area contributed by atoms with Crippen LogP contribution in [-0.4, -0.2) is 41.8 Å². The lowest BCUT2D eigenvalue weighted by molar-refractivity contribution is -0.121. The van der Waals surface area contributed by atoms with Crippen LogP contribution in [0.3, 0.4) is 0 Å². The average molecular weight is 395 g/mol. The largest absolute Gasteiger partial charge is 0.459 e. The maximum atomic E-state index is 13.2. The van der Waals surface area contributed by atoms with E-state index in [4.69, 9.17) is 15.2 Å². The first-order valence-electron chi connectivity index (χ1n) is 8.75. The highest BCUT2D eigenvalue weighted by Gasteiger charge is 2.27. The zero-order chi connectivity index (χ0) is 20.3. The molecule has 0 radical (unpaired) electrons. The summed E-state index contributed by atoms with van der Waals surface area (Å²) in [6, 6.07) is -0.789. The Balaban J connectivity index is 2.69. The number of nitrogens with zero attached hydrogens (tertiary/aromatic N) is 2. The van der Waals surface area contributed by atoms with Gasteiger partial charge in [-0.3, -0.25) is 14.2 Å². The first kappa shape index (κ1) is 21.0. The van der Waals surface area contributed by atoms with Gasteiger partial charge in [-0.1, -0.05) is 20.8 Å². The van der Waals surface area contributed by atoms with Crippen LogP contribution < -0.4 is 11.3 Å². The average Bonchev–Trinajstić information content (AvgIpc) is 2.94. The molecule has 0 aliphatic rings. The second kappa shape index (κ2) is 8.62. The molecule has 0 saturated carbocycles. The molecule has 2 rings (SSSR count). The molecule has 27 heavy (non-hydrogen) atoms. The van der Waals surface area contributed by atoms with Crippen molar-refractivity contribution < 1.29 is 19.1 Å². The van der Waals surface area contributed by atoms with E-state index in [-0.39, 0.29) is 24.7 Å². The van der Waals surface area contributed by atoms with Crippen molar-refractivity contribution in [2.75, 3.05) is 20.3 Å². The molecule has 2 heterocycles. The van der Waals surface area contributed by atoms with E-state index in [9.17, 15) is 14.4 Å². The molecular formula is C18H25N3O5S. The van der Waals surface area contributed by atoms with Crippen LogP contribution in [0.2, 0.25) is 0 Å². The number of carbonyl (C=O) groups is 2. The fraction of sp³-hybridized carbons (Fsp3) is 0.556. The molecule has 2 aromatic heterocycles. The van der Waals surface area contributed by atoms with Crippen molar-refractivity contribution in [2.45, 2.75) is 46.1 Å². The third-order valence-corrected chi connectivity index (χ3v) is 5.44. The molecule has 1 atom stereocenters. The quantitative estimate of drug-likeness (QED) is 0.541. The van der Waals surface area contributed by atoms with Gasteiger partial charge < -0.3 is 15.2 Å². The molecule has 0 bridgehead atoms. The summed E-state index contributed by atoms with van der Waals surface area (Å²) in [5.41, 5.74) is 5.65. The minimum absolute atomic E-state index is 0.102. The molecule has 0 spiro atoms. The van der Waals surface area contributed by atoms with E-state index in [0.717, 1.165) is 11.3 Å². The predicted octanol–water partition coefficient (Wildman–Crippen LogP) is 2.13. The van der Waals surface area contributed by atoms with Gasteiger partial charge in [0, 0.05) is 13.0 Å². The number of carbonyl (C=O) groups excluding carboxylic acids is 2. The third kappa shape index (κ3) is 4.03. The van der Waals surface area contributed by atoms with Crippen molar-refractivity contribution in [3.8, 4) is 0 Å². The molecule has 1 amide bonds. The summed E-state index contributed by atoms with van der Waals surface area (Å²) in [5, 5.41) is 0.322. The first-order chi connectivity index (χ1) is 12.7. The zero-order valence-electron chi connectivity index (χ0n) is 16.2. The summed E-state index contributed by atoms with van der Waals surface area (Å²) in [4.78, 5) is 42.8. The number of methoxy groups -OCH3 is 1. The second-order valence-corrected chi connectivity index (χ2v) is 7.49. The summed E-state index contributed by atoms with van der Waals surface area (Å²) in [5.74, 6) is -0.741. The molecular weight excluding hydrogens is 370 g/mol. The van der Waals surface area contributed by atoms with Gasteiger partial charge in [0.05, 0.1) is 12.0 Å². The van der Waals surface area contributed by atoms with Gasteiger partial charge in [-0.15, -0.1) is 11.3 Å². The molecule has 148 valence electrons. The SMILES string of the molecule is CCC(C(N)=O)n1c(C(C)C)nc2sc(C(=O)OCCOC)c(C)c2c1=O. The van der Waals surface area contributed by atoms with E-state index in [0.29, 0.717) is 32.9 Å². The van der Waals surface area contributed by atoms with Crippen LogP contribution in [0, 0.1) is 6.92 Å². The number of amides is 1. The molecule has 2 N–H and O–H groups in total. The minimum atomic E-state index is -0.789. The van der Waals surface area contributed by atoms with E-state index in [1.165, 1.54) is 11.7 Å². The smallest absolute Gasteiger partial charge is 0.348 e. The molecule has 9 heteroatoms. The Bertz CT molecular complexity index is 916. The molecule has 0 aliphatic carbocycles. The fourth-order valence-electron chi connectivity index (χ4n) is 2.91. The fourth-order valence-corrected chi connectivity index (χ4v) is 3.98. The molecule has 0 aromatic carbocycles. The van der Waals surface area contributed by atoms with Gasteiger partial charge in [-0.25, -0.2) is 9.78 Å². The minimum Gasteiger partial charge on any atom is -0.459 e. The number of aryl methyl sites for hydroxylation is 1. The van der Waals surface area contributed by atoms with Gasteiger partial charge in [-0.2, -0.15) is 0 Å². The van der Waals surface area contributed by atoms with Gasteiger partial charge >= 0.3 is 5.97 Å². The highest BCUT2D eigenvalue weighted by molar-refractivity contribution is 7.20. The number of nitrogens with two attached hydrogens (primary N) is 1. The van der Waals surface area contributed by atoms with Crippen LogP contribution in [-0.2, 0) is 14.3 Å². The number of esters is 1. The lowest BCUT2D eigenvalue weighted by atomic mass is 10.1. The van der Waals surface area contributed by atoms with E-state index < -0.39 is 17.9 Å². The molecule has 1 unspecified atom stereocenters. The number of hydrogen-bond donors (Lipinski definition) is 1. The Kier molecular flexibility index (Phi) is 6.72. The van der Waals surface area contributed by atoms with Gasteiger partial charge in [0.25, 0.3) is 5.56 Å². The molecule has 0 fully saturated rings. The van der Waals surface area contributed by atoms with Crippen molar-refractivity contribution in [3.63, 3.8) is 0 Å². The van der Waals surface area contributed by atoms with Gasteiger partial charge in [-0.05, 0) is 18.9 Å². The predicted molar refractivity (Wildman–Crippen MR) is 103 cm³/mol. The van der Waals surface area contributed by atoms with Crippen molar-refractivity contribution in [2.24, 2.45) is 5.73 Å². The van der Waals surface area contributed by atoms with Crippen molar-refractivity contribution in [1.82, 2.24) is 9.55 Å². The maximum absolute atomic E-state index is 13.2. The van der Waals surface area contributed by atoms with Crippen LogP contribution in [0.15, 0.2) is 4.79 Å².